The summed E-state index contributed by atoms with van der Waals surface area (Å²) in [5.41, 5.74) is 4.74. The van der Waals surface area contributed by atoms with Gasteiger partial charge in [-0.3, -0.25) is 0 Å². The SMILES string of the molecule is CC(C)c1cc2onc(C(C)C)c2c2c1C1CC1CO2. The molecule has 4 rings (SSSR count). The van der Waals surface area contributed by atoms with Crippen LogP contribution in [0.5, 0.6) is 5.75 Å². The zero-order valence-corrected chi connectivity index (χ0v) is 12.6. The molecule has 0 amide bonds. The lowest BCUT2D eigenvalue weighted by atomic mass is 9.89. The van der Waals surface area contributed by atoms with E-state index < -0.39 is 0 Å². The van der Waals surface area contributed by atoms with Gasteiger partial charge in [0.1, 0.15) is 5.75 Å². The second kappa shape index (κ2) is 4.00. The summed E-state index contributed by atoms with van der Waals surface area (Å²) in [4.78, 5) is 0. The van der Waals surface area contributed by atoms with Crippen molar-refractivity contribution in [2.45, 2.75) is 51.9 Å². The van der Waals surface area contributed by atoms with Gasteiger partial charge >= 0.3 is 0 Å². The molecule has 0 N–H and O–H groups in total. The van der Waals surface area contributed by atoms with E-state index in [-0.39, 0.29) is 0 Å². The predicted octanol–water partition coefficient (Wildman–Crippen LogP) is 4.57. The summed E-state index contributed by atoms with van der Waals surface area (Å²) in [6, 6.07) is 2.20. The summed E-state index contributed by atoms with van der Waals surface area (Å²) < 4.78 is 11.7. The molecule has 0 radical (unpaired) electrons. The number of hydrogen-bond donors (Lipinski definition) is 0. The first kappa shape index (κ1) is 12.2. The highest BCUT2D eigenvalue weighted by Crippen LogP contribution is 2.58. The van der Waals surface area contributed by atoms with Gasteiger partial charge in [-0.05, 0) is 35.8 Å². The molecule has 1 aliphatic heterocycles. The summed E-state index contributed by atoms with van der Waals surface area (Å²) in [5.74, 6) is 3.35. The van der Waals surface area contributed by atoms with Crippen LogP contribution in [0, 0.1) is 5.92 Å². The Kier molecular flexibility index (Phi) is 2.45. The molecule has 1 aromatic heterocycles. The number of nitrogens with zero attached hydrogens (tertiary/aromatic N) is 1. The molecule has 0 saturated heterocycles. The summed E-state index contributed by atoms with van der Waals surface area (Å²) in [7, 11) is 0. The van der Waals surface area contributed by atoms with Crippen LogP contribution < -0.4 is 4.74 Å². The lowest BCUT2D eigenvalue weighted by Gasteiger charge is -2.22. The van der Waals surface area contributed by atoms with Crippen molar-refractivity contribution in [2.75, 3.05) is 6.61 Å². The monoisotopic (exact) mass is 271 g/mol. The van der Waals surface area contributed by atoms with E-state index in [0.717, 1.165) is 34.9 Å². The van der Waals surface area contributed by atoms with E-state index in [9.17, 15) is 0 Å². The smallest absolute Gasteiger partial charge is 0.171 e. The Morgan fingerprint density at radius 2 is 2.00 bits per heavy atom. The minimum absolute atomic E-state index is 0.353. The van der Waals surface area contributed by atoms with E-state index in [1.165, 1.54) is 17.5 Å². The highest BCUT2D eigenvalue weighted by atomic mass is 16.5. The minimum Gasteiger partial charge on any atom is -0.492 e. The fourth-order valence-electron chi connectivity index (χ4n) is 3.51. The Morgan fingerprint density at radius 3 is 2.70 bits per heavy atom. The topological polar surface area (TPSA) is 35.3 Å². The van der Waals surface area contributed by atoms with Crippen molar-refractivity contribution in [3.63, 3.8) is 0 Å². The van der Waals surface area contributed by atoms with Gasteiger partial charge in [-0.25, -0.2) is 0 Å². The molecule has 1 aromatic carbocycles. The average Bonchev–Trinajstić information content (AvgIpc) is 3.07. The third kappa shape index (κ3) is 1.55. The fraction of sp³-hybridized carbons (Fsp3) is 0.588. The van der Waals surface area contributed by atoms with Gasteiger partial charge in [-0.2, -0.15) is 0 Å². The summed E-state index contributed by atoms with van der Waals surface area (Å²) in [6.45, 7) is 9.66. The number of fused-ring (bicyclic) bond motifs is 5. The zero-order chi connectivity index (χ0) is 14.0. The van der Waals surface area contributed by atoms with Crippen LogP contribution in [0.15, 0.2) is 10.6 Å². The third-order valence-corrected chi connectivity index (χ3v) is 4.72. The van der Waals surface area contributed by atoms with Crippen LogP contribution in [0.25, 0.3) is 11.0 Å². The van der Waals surface area contributed by atoms with E-state index in [0.29, 0.717) is 17.8 Å². The van der Waals surface area contributed by atoms with Crippen LogP contribution in [0.3, 0.4) is 0 Å². The number of benzene rings is 1. The lowest BCUT2D eigenvalue weighted by molar-refractivity contribution is 0.281. The summed E-state index contributed by atoms with van der Waals surface area (Å²) in [5, 5.41) is 5.40. The molecule has 2 unspecified atom stereocenters. The van der Waals surface area contributed by atoms with Crippen molar-refractivity contribution in [3.05, 3.63) is 22.9 Å². The van der Waals surface area contributed by atoms with E-state index in [4.69, 9.17) is 9.26 Å². The van der Waals surface area contributed by atoms with Gasteiger partial charge in [0, 0.05) is 11.5 Å². The van der Waals surface area contributed by atoms with Crippen LogP contribution in [-0.4, -0.2) is 11.8 Å². The molecule has 3 heteroatoms. The van der Waals surface area contributed by atoms with Crippen LogP contribution >= 0.6 is 0 Å². The summed E-state index contributed by atoms with van der Waals surface area (Å²) in [6.07, 6.45) is 1.28. The van der Waals surface area contributed by atoms with Crippen molar-refractivity contribution in [1.82, 2.24) is 5.16 Å². The number of aromatic nitrogens is 1. The molecule has 2 heterocycles. The van der Waals surface area contributed by atoms with Crippen LogP contribution in [0.1, 0.15) is 68.7 Å². The Bertz CT molecular complexity index is 684. The highest BCUT2D eigenvalue weighted by Gasteiger charge is 2.46. The van der Waals surface area contributed by atoms with Crippen molar-refractivity contribution in [3.8, 4) is 5.75 Å². The lowest BCUT2D eigenvalue weighted by Crippen LogP contribution is -2.12. The standard InChI is InChI=1S/C17H21NO2/c1-8(2)11-6-13-15(16(9(3)4)18-20-13)17-14(11)12-5-10(12)7-19-17/h6,8-10,12H,5,7H2,1-4H3. The van der Waals surface area contributed by atoms with Gasteiger partial charge in [0.15, 0.2) is 5.58 Å². The maximum Gasteiger partial charge on any atom is 0.171 e. The zero-order valence-electron chi connectivity index (χ0n) is 12.6. The molecular weight excluding hydrogens is 250 g/mol. The molecule has 2 atom stereocenters. The molecule has 20 heavy (non-hydrogen) atoms. The normalized spacial score (nSPS) is 23.9. The Hall–Kier alpha value is -1.51. The highest BCUT2D eigenvalue weighted by molar-refractivity contribution is 5.90. The van der Waals surface area contributed by atoms with Gasteiger partial charge in [-0.1, -0.05) is 32.9 Å². The molecule has 1 fully saturated rings. The predicted molar refractivity (Wildman–Crippen MR) is 78.5 cm³/mol. The van der Waals surface area contributed by atoms with Crippen LogP contribution in [0.2, 0.25) is 0 Å². The van der Waals surface area contributed by atoms with E-state index in [1.807, 2.05) is 0 Å². The van der Waals surface area contributed by atoms with Crippen LogP contribution in [-0.2, 0) is 0 Å². The number of rotatable bonds is 2. The Balaban J connectivity index is 2.05. The molecular formula is C17H21NO2. The Morgan fingerprint density at radius 1 is 1.20 bits per heavy atom. The third-order valence-electron chi connectivity index (χ3n) is 4.72. The first-order valence-corrected chi connectivity index (χ1v) is 7.66. The largest absolute Gasteiger partial charge is 0.492 e. The quantitative estimate of drug-likeness (QED) is 0.802. The van der Waals surface area contributed by atoms with Gasteiger partial charge < -0.3 is 9.26 Å². The van der Waals surface area contributed by atoms with Crippen molar-refractivity contribution in [2.24, 2.45) is 5.92 Å². The maximum atomic E-state index is 6.13. The molecule has 0 spiro atoms. The minimum atomic E-state index is 0.353. The van der Waals surface area contributed by atoms with Gasteiger partial charge in [0.05, 0.1) is 17.7 Å². The number of ether oxygens (including phenoxy) is 1. The molecule has 2 aliphatic rings. The molecule has 106 valence electrons. The van der Waals surface area contributed by atoms with E-state index >= 15 is 0 Å². The first-order valence-electron chi connectivity index (χ1n) is 7.66. The molecule has 2 aromatic rings. The second-order valence-corrected chi connectivity index (χ2v) is 6.87. The van der Waals surface area contributed by atoms with Crippen LogP contribution in [0.4, 0.5) is 0 Å². The molecule has 0 bridgehead atoms. The van der Waals surface area contributed by atoms with Gasteiger partial charge in [0.25, 0.3) is 0 Å². The molecule has 3 nitrogen and oxygen atoms in total. The van der Waals surface area contributed by atoms with Gasteiger partial charge in [0.2, 0.25) is 0 Å². The van der Waals surface area contributed by atoms with Crippen molar-refractivity contribution in [1.29, 1.82) is 0 Å². The summed E-state index contributed by atoms with van der Waals surface area (Å²) >= 11 is 0. The number of hydrogen-bond acceptors (Lipinski definition) is 3. The van der Waals surface area contributed by atoms with E-state index in [1.54, 1.807) is 0 Å². The van der Waals surface area contributed by atoms with Crippen molar-refractivity contribution < 1.29 is 9.26 Å². The second-order valence-electron chi connectivity index (χ2n) is 6.87. The van der Waals surface area contributed by atoms with Gasteiger partial charge in [-0.15, -0.1) is 0 Å². The molecule has 1 aliphatic carbocycles. The maximum absolute atomic E-state index is 6.13. The van der Waals surface area contributed by atoms with E-state index in [2.05, 4.69) is 38.9 Å². The average molecular weight is 271 g/mol. The Labute approximate surface area is 119 Å². The fourth-order valence-corrected chi connectivity index (χ4v) is 3.51. The van der Waals surface area contributed by atoms with Crippen molar-refractivity contribution >= 4 is 11.0 Å². The molecule has 1 saturated carbocycles. The first-order chi connectivity index (χ1) is 9.58.